The van der Waals surface area contributed by atoms with Crippen LogP contribution < -0.4 is 15.8 Å². The maximum Gasteiger partial charge on any atom is 0.223 e. The van der Waals surface area contributed by atoms with E-state index >= 15 is 0 Å². The molecular weight excluding hydrogens is 264 g/mol. The third-order valence-electron chi connectivity index (χ3n) is 4.35. The van der Waals surface area contributed by atoms with Crippen LogP contribution in [0.5, 0.6) is 5.75 Å². The van der Waals surface area contributed by atoms with Crippen molar-refractivity contribution in [3.05, 3.63) is 29.8 Å². The van der Waals surface area contributed by atoms with E-state index in [2.05, 4.69) is 5.32 Å². The molecular formula is C17H26N2O2. The van der Waals surface area contributed by atoms with Crippen LogP contribution in [0, 0.1) is 12.3 Å². The van der Waals surface area contributed by atoms with Crippen LogP contribution >= 0.6 is 0 Å². The Bertz CT molecular complexity index is 468. The number of hydrogen-bond donors (Lipinski definition) is 2. The molecule has 4 heteroatoms. The molecule has 0 heterocycles. The standard InChI is InChI=1S/C17H26N2O2/c1-14-5-4-6-15(11-14)21-10-7-16(20)19-13-17(12-18)8-2-3-9-17/h4-6,11H,2-3,7-10,12-13,18H2,1H3,(H,19,20). The molecule has 2 rings (SSSR count). The van der Waals surface area contributed by atoms with Gasteiger partial charge in [-0.05, 0) is 49.4 Å². The van der Waals surface area contributed by atoms with Crippen molar-refractivity contribution in [2.75, 3.05) is 19.7 Å². The van der Waals surface area contributed by atoms with E-state index in [0.717, 1.165) is 24.2 Å². The normalized spacial score (nSPS) is 16.7. The molecule has 1 aromatic carbocycles. The molecule has 0 spiro atoms. The van der Waals surface area contributed by atoms with Gasteiger partial charge in [-0.3, -0.25) is 4.79 Å². The van der Waals surface area contributed by atoms with E-state index in [0.29, 0.717) is 26.1 Å². The molecule has 0 saturated heterocycles. The molecule has 3 N–H and O–H groups in total. The van der Waals surface area contributed by atoms with Gasteiger partial charge >= 0.3 is 0 Å². The van der Waals surface area contributed by atoms with Crippen molar-refractivity contribution in [1.82, 2.24) is 5.32 Å². The van der Waals surface area contributed by atoms with Crippen molar-refractivity contribution >= 4 is 5.91 Å². The number of amides is 1. The first-order valence-corrected chi connectivity index (χ1v) is 7.80. The highest BCUT2D eigenvalue weighted by Crippen LogP contribution is 2.36. The lowest BCUT2D eigenvalue weighted by Gasteiger charge is -2.27. The Morgan fingerprint density at radius 1 is 1.38 bits per heavy atom. The minimum absolute atomic E-state index is 0.0439. The summed E-state index contributed by atoms with van der Waals surface area (Å²) in [5, 5.41) is 3.02. The van der Waals surface area contributed by atoms with Crippen LogP contribution in [0.1, 0.15) is 37.7 Å². The fourth-order valence-electron chi connectivity index (χ4n) is 2.92. The van der Waals surface area contributed by atoms with Crippen LogP contribution in [0.4, 0.5) is 0 Å². The zero-order chi connectivity index (χ0) is 15.1. The second-order valence-electron chi connectivity index (χ2n) is 6.10. The van der Waals surface area contributed by atoms with Crippen molar-refractivity contribution < 1.29 is 9.53 Å². The van der Waals surface area contributed by atoms with Crippen LogP contribution in [0.25, 0.3) is 0 Å². The number of nitrogens with two attached hydrogens (primary N) is 1. The summed E-state index contributed by atoms with van der Waals surface area (Å²) in [5.74, 6) is 0.861. The predicted molar refractivity (Wildman–Crippen MR) is 84.3 cm³/mol. The Balaban J connectivity index is 1.68. The topological polar surface area (TPSA) is 64.3 Å². The summed E-state index contributed by atoms with van der Waals surface area (Å²) in [4.78, 5) is 11.9. The van der Waals surface area contributed by atoms with Gasteiger partial charge in [0.05, 0.1) is 13.0 Å². The molecule has 1 amide bonds. The molecule has 21 heavy (non-hydrogen) atoms. The second-order valence-corrected chi connectivity index (χ2v) is 6.10. The first-order valence-electron chi connectivity index (χ1n) is 7.80. The van der Waals surface area contributed by atoms with E-state index in [1.165, 1.54) is 12.8 Å². The quantitative estimate of drug-likeness (QED) is 0.810. The lowest BCUT2D eigenvalue weighted by molar-refractivity contribution is -0.122. The van der Waals surface area contributed by atoms with Crippen molar-refractivity contribution in [3.63, 3.8) is 0 Å². The maximum absolute atomic E-state index is 11.9. The fourth-order valence-corrected chi connectivity index (χ4v) is 2.92. The summed E-state index contributed by atoms with van der Waals surface area (Å²) in [5.41, 5.74) is 7.16. The van der Waals surface area contributed by atoms with Crippen LogP contribution in [0.3, 0.4) is 0 Å². The molecule has 1 aromatic rings. The number of carbonyl (C=O) groups is 1. The largest absolute Gasteiger partial charge is 0.493 e. The van der Waals surface area contributed by atoms with E-state index in [1.807, 2.05) is 31.2 Å². The van der Waals surface area contributed by atoms with E-state index in [-0.39, 0.29) is 11.3 Å². The highest BCUT2D eigenvalue weighted by atomic mass is 16.5. The number of aryl methyl sites for hydroxylation is 1. The van der Waals surface area contributed by atoms with E-state index < -0.39 is 0 Å². The SMILES string of the molecule is Cc1cccc(OCCC(=O)NCC2(CN)CCCC2)c1. The summed E-state index contributed by atoms with van der Waals surface area (Å²) < 4.78 is 5.60. The fraction of sp³-hybridized carbons (Fsp3) is 0.588. The maximum atomic E-state index is 11.9. The van der Waals surface area contributed by atoms with Gasteiger partial charge in [-0.2, -0.15) is 0 Å². The summed E-state index contributed by atoms with van der Waals surface area (Å²) >= 11 is 0. The summed E-state index contributed by atoms with van der Waals surface area (Å²) in [6.45, 7) is 3.79. The number of nitrogens with one attached hydrogen (secondary N) is 1. The van der Waals surface area contributed by atoms with Gasteiger partial charge in [-0.15, -0.1) is 0 Å². The highest BCUT2D eigenvalue weighted by Gasteiger charge is 2.32. The first kappa shape index (κ1) is 15.8. The Kier molecular flexibility index (Phi) is 5.62. The van der Waals surface area contributed by atoms with Crippen molar-refractivity contribution in [1.29, 1.82) is 0 Å². The number of carbonyl (C=O) groups excluding carboxylic acids is 1. The van der Waals surface area contributed by atoms with Gasteiger partial charge in [0.25, 0.3) is 0 Å². The third kappa shape index (κ3) is 4.74. The molecule has 0 aromatic heterocycles. The Labute approximate surface area is 127 Å². The molecule has 1 aliphatic rings. The van der Waals surface area contributed by atoms with E-state index in [9.17, 15) is 4.79 Å². The van der Waals surface area contributed by atoms with Crippen LogP contribution in [0.15, 0.2) is 24.3 Å². The molecule has 1 aliphatic carbocycles. The Hall–Kier alpha value is -1.55. The van der Waals surface area contributed by atoms with E-state index in [1.54, 1.807) is 0 Å². The van der Waals surface area contributed by atoms with Crippen molar-refractivity contribution in [2.45, 2.75) is 39.0 Å². The molecule has 0 atom stereocenters. The molecule has 0 unspecified atom stereocenters. The molecule has 1 saturated carbocycles. The molecule has 116 valence electrons. The Morgan fingerprint density at radius 2 is 2.14 bits per heavy atom. The Morgan fingerprint density at radius 3 is 2.81 bits per heavy atom. The van der Waals surface area contributed by atoms with Gasteiger partial charge in [0.15, 0.2) is 0 Å². The van der Waals surface area contributed by atoms with Gasteiger partial charge in [-0.25, -0.2) is 0 Å². The predicted octanol–water partition coefficient (Wildman–Crippen LogP) is 2.40. The van der Waals surface area contributed by atoms with Gasteiger partial charge in [0.2, 0.25) is 5.91 Å². The number of hydrogen-bond acceptors (Lipinski definition) is 3. The smallest absolute Gasteiger partial charge is 0.223 e. The number of rotatable bonds is 7. The van der Waals surface area contributed by atoms with Crippen molar-refractivity contribution in [2.24, 2.45) is 11.1 Å². The number of ether oxygens (including phenoxy) is 1. The zero-order valence-corrected chi connectivity index (χ0v) is 12.9. The second kappa shape index (κ2) is 7.46. The molecule has 1 fully saturated rings. The first-order chi connectivity index (χ1) is 10.1. The van der Waals surface area contributed by atoms with Crippen molar-refractivity contribution in [3.8, 4) is 5.75 Å². The monoisotopic (exact) mass is 290 g/mol. The highest BCUT2D eigenvalue weighted by molar-refractivity contribution is 5.76. The summed E-state index contributed by atoms with van der Waals surface area (Å²) in [6.07, 6.45) is 5.09. The van der Waals surface area contributed by atoms with Crippen LogP contribution in [-0.2, 0) is 4.79 Å². The number of benzene rings is 1. The van der Waals surface area contributed by atoms with Gasteiger partial charge in [0, 0.05) is 6.54 Å². The average molecular weight is 290 g/mol. The third-order valence-corrected chi connectivity index (χ3v) is 4.35. The van der Waals surface area contributed by atoms with Gasteiger partial charge < -0.3 is 15.8 Å². The average Bonchev–Trinajstić information content (AvgIpc) is 2.95. The lowest BCUT2D eigenvalue weighted by Crippen LogP contribution is -2.41. The molecule has 0 aliphatic heterocycles. The summed E-state index contributed by atoms with van der Waals surface area (Å²) in [7, 11) is 0. The van der Waals surface area contributed by atoms with Crippen LogP contribution in [0.2, 0.25) is 0 Å². The molecule has 4 nitrogen and oxygen atoms in total. The summed E-state index contributed by atoms with van der Waals surface area (Å²) in [6, 6.07) is 7.86. The van der Waals surface area contributed by atoms with E-state index in [4.69, 9.17) is 10.5 Å². The molecule has 0 bridgehead atoms. The zero-order valence-electron chi connectivity index (χ0n) is 12.9. The lowest BCUT2D eigenvalue weighted by atomic mass is 9.86. The van der Waals surface area contributed by atoms with Crippen LogP contribution in [-0.4, -0.2) is 25.6 Å². The minimum Gasteiger partial charge on any atom is -0.493 e. The van der Waals surface area contributed by atoms with Gasteiger partial charge in [-0.1, -0.05) is 25.0 Å². The molecule has 0 radical (unpaired) electrons. The van der Waals surface area contributed by atoms with Gasteiger partial charge in [0.1, 0.15) is 5.75 Å². The minimum atomic E-state index is 0.0439.